The number of phenolic OH excluding ortho intramolecular Hbond substituents is 1. The highest BCUT2D eigenvalue weighted by atomic mass is 35.5. The van der Waals surface area contributed by atoms with E-state index < -0.39 is 27.2 Å². The average Bonchev–Trinajstić information content (AvgIpc) is 2.95. The number of aromatic hydroxyl groups is 1. The highest BCUT2D eigenvalue weighted by Gasteiger charge is 2.34. The van der Waals surface area contributed by atoms with Gasteiger partial charge in [-0.25, -0.2) is 8.42 Å². The minimum absolute atomic E-state index is 0.0172. The molecule has 0 aliphatic rings. The van der Waals surface area contributed by atoms with E-state index in [-0.39, 0.29) is 9.92 Å². The van der Waals surface area contributed by atoms with Crippen LogP contribution >= 0.6 is 11.6 Å². The number of phenols is 1. The van der Waals surface area contributed by atoms with Crippen molar-refractivity contribution in [3.8, 4) is 5.75 Å². The Labute approximate surface area is 147 Å². The summed E-state index contributed by atoms with van der Waals surface area (Å²) in [6, 6.07) is 7.22. The first-order valence-corrected chi connectivity index (χ1v) is 9.50. The van der Waals surface area contributed by atoms with Gasteiger partial charge in [-0.2, -0.15) is 4.72 Å². The van der Waals surface area contributed by atoms with Crippen molar-refractivity contribution in [3.05, 3.63) is 46.9 Å². The number of benzene rings is 1. The summed E-state index contributed by atoms with van der Waals surface area (Å²) < 4.78 is 33.9. The van der Waals surface area contributed by atoms with Gasteiger partial charge >= 0.3 is 0 Å². The van der Waals surface area contributed by atoms with Crippen molar-refractivity contribution in [2.24, 2.45) is 5.41 Å². The van der Waals surface area contributed by atoms with Crippen LogP contribution < -0.4 is 4.72 Å². The number of rotatable bonds is 5. The van der Waals surface area contributed by atoms with Crippen LogP contribution in [0, 0.1) is 5.41 Å². The fourth-order valence-electron chi connectivity index (χ4n) is 2.33. The van der Waals surface area contributed by atoms with Crippen molar-refractivity contribution in [1.82, 2.24) is 4.72 Å². The normalized spacial score (nSPS) is 13.9. The smallest absolute Gasteiger partial charge is 0.244 e. The molecule has 0 fully saturated rings. The predicted molar refractivity (Wildman–Crippen MR) is 93.7 cm³/mol. The van der Waals surface area contributed by atoms with E-state index in [1.807, 2.05) is 33.8 Å². The molecule has 0 saturated carbocycles. The summed E-state index contributed by atoms with van der Waals surface area (Å²) in [5, 5.41) is 9.97. The zero-order valence-electron chi connectivity index (χ0n) is 14.1. The SMILES string of the molecule is CCc1ccc(C(NS(=O)(=O)c2cccc(Cl)c2O)C(C)(C)C)o1. The molecule has 0 spiro atoms. The molecule has 0 aliphatic heterocycles. The minimum Gasteiger partial charge on any atom is -0.505 e. The van der Waals surface area contributed by atoms with Crippen LogP contribution in [-0.4, -0.2) is 13.5 Å². The van der Waals surface area contributed by atoms with Gasteiger partial charge in [-0.1, -0.05) is 45.4 Å². The molecule has 2 N–H and O–H groups in total. The quantitative estimate of drug-likeness (QED) is 0.822. The van der Waals surface area contributed by atoms with Crippen LogP contribution in [0.15, 0.2) is 39.6 Å². The standard InChI is InChI=1S/C17H22ClNO4S/c1-5-11-9-10-13(23-11)16(17(2,3)4)19-24(21,22)14-8-6-7-12(18)15(14)20/h6-10,16,19-20H,5H2,1-4H3. The van der Waals surface area contributed by atoms with Crippen LogP contribution in [0.1, 0.15) is 45.3 Å². The van der Waals surface area contributed by atoms with Crippen molar-refractivity contribution in [1.29, 1.82) is 0 Å². The second kappa shape index (κ2) is 6.78. The van der Waals surface area contributed by atoms with Gasteiger partial charge in [0.2, 0.25) is 10.0 Å². The third kappa shape index (κ3) is 3.94. The molecule has 1 atom stereocenters. The maximum absolute atomic E-state index is 12.7. The lowest BCUT2D eigenvalue weighted by Crippen LogP contribution is -2.36. The second-order valence-corrected chi connectivity index (χ2v) is 8.75. The maximum atomic E-state index is 12.7. The molecule has 24 heavy (non-hydrogen) atoms. The molecule has 1 aromatic heterocycles. The Balaban J connectivity index is 2.44. The molecule has 7 heteroatoms. The summed E-state index contributed by atoms with van der Waals surface area (Å²) in [5.74, 6) is 0.849. The van der Waals surface area contributed by atoms with Crippen molar-refractivity contribution < 1.29 is 17.9 Å². The molecule has 0 amide bonds. The van der Waals surface area contributed by atoms with Gasteiger partial charge in [-0.15, -0.1) is 0 Å². The van der Waals surface area contributed by atoms with E-state index in [1.54, 1.807) is 6.07 Å². The number of halogens is 1. The van der Waals surface area contributed by atoms with Crippen LogP contribution in [0.25, 0.3) is 0 Å². The topological polar surface area (TPSA) is 79.5 Å². The monoisotopic (exact) mass is 371 g/mol. The highest BCUT2D eigenvalue weighted by molar-refractivity contribution is 7.89. The third-order valence-electron chi connectivity index (χ3n) is 3.69. The molecule has 1 heterocycles. The molecule has 2 aromatic rings. The lowest BCUT2D eigenvalue weighted by atomic mass is 9.86. The predicted octanol–water partition coefficient (Wildman–Crippen LogP) is 4.27. The Morgan fingerprint density at radius 1 is 1.25 bits per heavy atom. The highest BCUT2D eigenvalue weighted by Crippen LogP contribution is 2.37. The molecule has 2 rings (SSSR count). The number of furan rings is 1. The number of para-hydroxylation sites is 1. The van der Waals surface area contributed by atoms with E-state index in [9.17, 15) is 13.5 Å². The van der Waals surface area contributed by atoms with Gasteiger partial charge in [0.05, 0.1) is 11.1 Å². The third-order valence-corrected chi connectivity index (χ3v) is 5.45. The van der Waals surface area contributed by atoms with Crippen LogP contribution in [0.3, 0.4) is 0 Å². The molecular weight excluding hydrogens is 350 g/mol. The zero-order chi connectivity index (χ0) is 18.1. The zero-order valence-corrected chi connectivity index (χ0v) is 15.7. The average molecular weight is 372 g/mol. The molecule has 1 aromatic carbocycles. The lowest BCUT2D eigenvalue weighted by Gasteiger charge is -2.29. The summed E-state index contributed by atoms with van der Waals surface area (Å²) in [7, 11) is -3.99. The van der Waals surface area contributed by atoms with E-state index >= 15 is 0 Å². The molecule has 0 radical (unpaired) electrons. The number of hydrogen-bond donors (Lipinski definition) is 2. The molecule has 0 bridgehead atoms. The number of aryl methyl sites for hydroxylation is 1. The summed E-state index contributed by atoms with van der Waals surface area (Å²) in [6.45, 7) is 7.69. The van der Waals surface area contributed by atoms with Gasteiger partial charge in [0.1, 0.15) is 16.4 Å². The van der Waals surface area contributed by atoms with Crippen LogP contribution in [0.4, 0.5) is 0 Å². The van der Waals surface area contributed by atoms with Gasteiger partial charge in [0.15, 0.2) is 5.75 Å². The van der Waals surface area contributed by atoms with Crippen molar-refractivity contribution in [2.75, 3.05) is 0 Å². The Bertz CT molecular complexity index is 821. The summed E-state index contributed by atoms with van der Waals surface area (Å²) in [5.41, 5.74) is -0.440. The van der Waals surface area contributed by atoms with E-state index in [0.29, 0.717) is 5.76 Å². The first kappa shape index (κ1) is 18.8. The van der Waals surface area contributed by atoms with Crippen molar-refractivity contribution in [2.45, 2.75) is 45.1 Å². The number of hydrogen-bond acceptors (Lipinski definition) is 4. The first-order valence-electron chi connectivity index (χ1n) is 7.64. The van der Waals surface area contributed by atoms with Crippen LogP contribution in [-0.2, 0) is 16.4 Å². The van der Waals surface area contributed by atoms with Crippen LogP contribution in [0.2, 0.25) is 5.02 Å². The van der Waals surface area contributed by atoms with Crippen molar-refractivity contribution in [3.63, 3.8) is 0 Å². The molecule has 5 nitrogen and oxygen atoms in total. The Morgan fingerprint density at radius 3 is 2.46 bits per heavy atom. The molecule has 132 valence electrons. The van der Waals surface area contributed by atoms with Gasteiger partial charge in [-0.05, 0) is 29.7 Å². The second-order valence-electron chi connectivity index (χ2n) is 6.66. The largest absolute Gasteiger partial charge is 0.505 e. The van der Waals surface area contributed by atoms with Crippen molar-refractivity contribution >= 4 is 21.6 Å². The van der Waals surface area contributed by atoms with E-state index in [4.69, 9.17) is 16.0 Å². The minimum atomic E-state index is -3.99. The maximum Gasteiger partial charge on any atom is 0.244 e. The molecular formula is C17H22ClNO4S. The van der Waals surface area contributed by atoms with E-state index in [1.165, 1.54) is 18.2 Å². The molecule has 1 unspecified atom stereocenters. The van der Waals surface area contributed by atoms with E-state index in [0.717, 1.165) is 12.2 Å². The summed E-state index contributed by atoms with van der Waals surface area (Å²) >= 11 is 5.82. The van der Waals surface area contributed by atoms with Gasteiger partial charge in [-0.3, -0.25) is 0 Å². The Morgan fingerprint density at radius 2 is 1.92 bits per heavy atom. The van der Waals surface area contributed by atoms with E-state index in [2.05, 4.69) is 4.72 Å². The Kier molecular flexibility index (Phi) is 5.32. The molecule has 0 aliphatic carbocycles. The lowest BCUT2D eigenvalue weighted by molar-refractivity contribution is 0.261. The van der Waals surface area contributed by atoms with Crippen LogP contribution in [0.5, 0.6) is 5.75 Å². The van der Waals surface area contributed by atoms with Gasteiger partial charge < -0.3 is 9.52 Å². The number of nitrogens with one attached hydrogen (secondary N) is 1. The molecule has 0 saturated heterocycles. The fraction of sp³-hybridized carbons (Fsp3) is 0.412. The number of sulfonamides is 1. The summed E-state index contributed by atoms with van der Waals surface area (Å²) in [4.78, 5) is -0.258. The fourth-order valence-corrected chi connectivity index (χ4v) is 4.09. The Hall–Kier alpha value is -1.50. The van der Waals surface area contributed by atoms with Gasteiger partial charge in [0, 0.05) is 6.42 Å². The van der Waals surface area contributed by atoms with Gasteiger partial charge in [0.25, 0.3) is 0 Å². The first-order chi connectivity index (χ1) is 11.1. The summed E-state index contributed by atoms with van der Waals surface area (Å²) in [6.07, 6.45) is 0.721.